The van der Waals surface area contributed by atoms with Crippen LogP contribution >= 0.6 is 23.5 Å². The van der Waals surface area contributed by atoms with Gasteiger partial charge in [0.25, 0.3) is 11.8 Å². The van der Waals surface area contributed by atoms with Gasteiger partial charge in [0.1, 0.15) is 22.1 Å². The normalized spacial score (nSPS) is 19.6. The highest BCUT2D eigenvalue weighted by atomic mass is 32.2. The van der Waals surface area contributed by atoms with Crippen LogP contribution in [0.5, 0.6) is 0 Å². The number of carboxylic acids is 1. The number of hydrogen-bond donors (Lipinski definition) is 4. The van der Waals surface area contributed by atoms with Crippen LogP contribution in [0.2, 0.25) is 0 Å². The lowest BCUT2D eigenvalue weighted by Crippen LogP contribution is -2.70. The van der Waals surface area contributed by atoms with Crippen molar-refractivity contribution in [2.75, 3.05) is 18.1 Å². The van der Waals surface area contributed by atoms with Gasteiger partial charge in [-0.3, -0.25) is 19.3 Å². The van der Waals surface area contributed by atoms with Gasteiger partial charge in [-0.2, -0.15) is 10.3 Å². The van der Waals surface area contributed by atoms with E-state index in [9.17, 15) is 29.4 Å². The highest BCUT2D eigenvalue weighted by Crippen LogP contribution is 2.41. The smallest absolute Gasteiger partial charge is 0.352 e. The van der Waals surface area contributed by atoms with Crippen molar-refractivity contribution in [1.82, 2.24) is 25.6 Å². The predicted molar refractivity (Wildman–Crippen MR) is 133 cm³/mol. The molecule has 196 valence electrons. The first-order chi connectivity index (χ1) is 17.8. The Kier molecular flexibility index (Phi) is 8.51. The highest BCUT2D eigenvalue weighted by Gasteiger charge is 2.54. The number of aryl methyl sites for hydroxylation is 1. The zero-order valence-corrected chi connectivity index (χ0v) is 21.4. The van der Waals surface area contributed by atoms with Crippen LogP contribution in [0, 0.1) is 0 Å². The number of benzene rings is 1. The third-order valence-electron chi connectivity index (χ3n) is 5.75. The lowest BCUT2D eigenvalue weighted by molar-refractivity contribution is -0.151. The number of esters is 1. The zero-order valence-electron chi connectivity index (χ0n) is 19.7. The average molecular weight is 548 g/mol. The molecular weight excluding hydrogens is 522 g/mol. The van der Waals surface area contributed by atoms with Crippen molar-refractivity contribution >= 4 is 47.3 Å². The number of amides is 2. The lowest BCUT2D eigenvalue weighted by atomic mass is 10.0. The molecule has 0 aliphatic carbocycles. The molecule has 4 N–H and O–H groups in total. The predicted octanol–water partition coefficient (Wildman–Crippen LogP) is 0.865. The Bertz CT molecular complexity index is 1220. The molecule has 0 saturated carbocycles. The minimum atomic E-state index is -1.45. The molecule has 2 aliphatic heterocycles. The van der Waals surface area contributed by atoms with Crippen LogP contribution in [0.3, 0.4) is 0 Å². The van der Waals surface area contributed by atoms with Crippen LogP contribution < -0.4 is 5.32 Å². The molecule has 1 aromatic heterocycles. The Balaban J connectivity index is 1.40. The molecule has 14 heteroatoms. The summed E-state index contributed by atoms with van der Waals surface area (Å²) in [5, 5.41) is 33.4. The molecule has 0 radical (unpaired) electrons. The standard InChI is InChI=1S/C23H25N5O7S2/c1-2-35-15(29)9-8-14-20(26-27-25-14)36-10-13-11-37-22-16(21(32)28(22)17(13)23(33)34)24-19(31)18(30)12-6-4-3-5-7-12/h3-7,16,18,22,30H,2,8-11H2,1H3,(H,24,31)(H,33,34)(H,25,26,27)/t16?,18-,22-/m1/s1. The van der Waals surface area contributed by atoms with E-state index in [1.54, 1.807) is 37.3 Å². The Morgan fingerprint density at radius 2 is 2.05 bits per heavy atom. The van der Waals surface area contributed by atoms with E-state index in [0.29, 0.717) is 34.0 Å². The fraction of sp³-hybridized carbons (Fsp3) is 0.391. The molecular formula is C23H25N5O7S2. The van der Waals surface area contributed by atoms with Crippen molar-refractivity contribution in [1.29, 1.82) is 0 Å². The van der Waals surface area contributed by atoms with Gasteiger partial charge in [0.15, 0.2) is 6.10 Å². The summed E-state index contributed by atoms with van der Waals surface area (Å²) in [6, 6.07) is 7.38. The summed E-state index contributed by atoms with van der Waals surface area (Å²) in [5.74, 6) is -2.30. The number of aliphatic carboxylic acids is 1. The summed E-state index contributed by atoms with van der Waals surface area (Å²) in [4.78, 5) is 50.3. The van der Waals surface area contributed by atoms with Crippen molar-refractivity contribution < 1.29 is 34.1 Å². The van der Waals surface area contributed by atoms with Gasteiger partial charge >= 0.3 is 11.9 Å². The quantitative estimate of drug-likeness (QED) is 0.178. The third-order valence-corrected chi connectivity index (χ3v) is 8.18. The van der Waals surface area contributed by atoms with Crippen LogP contribution in [-0.4, -0.2) is 83.8 Å². The number of aliphatic hydroxyl groups excluding tert-OH is 1. The number of fused-ring (bicyclic) bond motifs is 1. The van der Waals surface area contributed by atoms with Crippen molar-refractivity contribution in [3.8, 4) is 0 Å². The molecule has 1 unspecified atom stereocenters. The van der Waals surface area contributed by atoms with E-state index in [1.807, 2.05) is 0 Å². The summed E-state index contributed by atoms with van der Waals surface area (Å²) >= 11 is 2.59. The number of β-lactam (4-membered cyclic amide) rings is 1. The van der Waals surface area contributed by atoms with E-state index in [4.69, 9.17) is 4.74 Å². The molecule has 2 aliphatic rings. The molecule has 37 heavy (non-hydrogen) atoms. The van der Waals surface area contributed by atoms with Gasteiger partial charge in [-0.25, -0.2) is 4.79 Å². The van der Waals surface area contributed by atoms with E-state index in [2.05, 4.69) is 20.7 Å². The first-order valence-electron chi connectivity index (χ1n) is 11.4. The fourth-order valence-electron chi connectivity index (χ4n) is 3.94. The minimum Gasteiger partial charge on any atom is -0.477 e. The van der Waals surface area contributed by atoms with Crippen molar-refractivity contribution in [3.63, 3.8) is 0 Å². The van der Waals surface area contributed by atoms with Crippen LogP contribution in [0.1, 0.15) is 30.7 Å². The first-order valence-corrected chi connectivity index (χ1v) is 13.5. The molecule has 1 aromatic carbocycles. The van der Waals surface area contributed by atoms with E-state index < -0.39 is 35.3 Å². The second-order valence-electron chi connectivity index (χ2n) is 8.14. The van der Waals surface area contributed by atoms with E-state index in [-0.39, 0.29) is 30.4 Å². The third kappa shape index (κ3) is 5.81. The minimum absolute atomic E-state index is 0.119. The maximum Gasteiger partial charge on any atom is 0.352 e. The number of ether oxygens (including phenoxy) is 1. The Morgan fingerprint density at radius 1 is 1.30 bits per heavy atom. The fourth-order valence-corrected chi connectivity index (χ4v) is 6.39. The van der Waals surface area contributed by atoms with Crippen LogP contribution in [0.4, 0.5) is 0 Å². The second-order valence-corrected chi connectivity index (χ2v) is 10.2. The maximum atomic E-state index is 12.9. The summed E-state index contributed by atoms with van der Waals surface area (Å²) in [6.07, 6.45) is -0.984. The molecule has 3 atom stereocenters. The highest BCUT2D eigenvalue weighted by molar-refractivity contribution is 8.01. The summed E-state index contributed by atoms with van der Waals surface area (Å²) in [7, 11) is 0. The van der Waals surface area contributed by atoms with Crippen LogP contribution in [-0.2, 0) is 30.3 Å². The molecule has 4 rings (SSSR count). The summed E-state index contributed by atoms with van der Waals surface area (Å²) in [5.41, 5.74) is 1.36. The Labute approximate surface area is 220 Å². The van der Waals surface area contributed by atoms with Crippen molar-refractivity contribution in [2.24, 2.45) is 0 Å². The first kappa shape index (κ1) is 26.7. The van der Waals surface area contributed by atoms with E-state index in [0.717, 1.165) is 0 Å². The SMILES string of the molecule is CCOC(=O)CCc1n[nH]nc1SCC1=C(C(=O)O)N2C(=O)C(NC(=O)[C@H](O)c3ccccc3)[C@H]2SC1. The van der Waals surface area contributed by atoms with Gasteiger partial charge in [0.05, 0.1) is 18.7 Å². The molecule has 0 bridgehead atoms. The number of thioether (sulfide) groups is 2. The maximum absolute atomic E-state index is 12.9. The number of carbonyl (C=O) groups excluding carboxylic acids is 3. The molecule has 3 heterocycles. The monoisotopic (exact) mass is 547 g/mol. The molecule has 2 amide bonds. The van der Waals surface area contributed by atoms with Crippen LogP contribution in [0.25, 0.3) is 0 Å². The molecule has 2 aromatic rings. The van der Waals surface area contributed by atoms with Crippen molar-refractivity contribution in [3.05, 3.63) is 52.9 Å². The van der Waals surface area contributed by atoms with Crippen LogP contribution in [0.15, 0.2) is 46.6 Å². The number of hydrogen-bond acceptors (Lipinski definition) is 10. The van der Waals surface area contributed by atoms with Gasteiger partial charge in [-0.15, -0.1) is 16.9 Å². The summed E-state index contributed by atoms with van der Waals surface area (Å²) in [6.45, 7) is 2.01. The second kappa shape index (κ2) is 11.8. The van der Waals surface area contributed by atoms with Gasteiger partial charge < -0.3 is 20.3 Å². The Morgan fingerprint density at radius 3 is 2.76 bits per heavy atom. The largest absolute Gasteiger partial charge is 0.477 e. The number of aromatic nitrogens is 3. The number of nitrogens with one attached hydrogen (secondary N) is 2. The van der Waals surface area contributed by atoms with E-state index in [1.165, 1.54) is 28.4 Å². The number of carbonyl (C=O) groups is 4. The number of aliphatic hydroxyl groups is 1. The number of carboxylic acid groups (broad SMARTS) is 1. The Hall–Kier alpha value is -3.36. The van der Waals surface area contributed by atoms with Gasteiger partial charge in [-0.1, -0.05) is 42.1 Å². The topological polar surface area (TPSA) is 175 Å². The number of nitrogens with zero attached hydrogens (tertiary/aromatic N) is 3. The molecule has 1 saturated heterocycles. The van der Waals surface area contributed by atoms with Gasteiger partial charge in [0.2, 0.25) is 0 Å². The average Bonchev–Trinajstić information content (AvgIpc) is 3.36. The summed E-state index contributed by atoms with van der Waals surface area (Å²) < 4.78 is 4.92. The lowest BCUT2D eigenvalue weighted by Gasteiger charge is -2.49. The van der Waals surface area contributed by atoms with E-state index >= 15 is 0 Å². The van der Waals surface area contributed by atoms with Gasteiger partial charge in [0, 0.05) is 17.9 Å². The zero-order chi connectivity index (χ0) is 26.5. The molecule has 1 fully saturated rings. The number of rotatable bonds is 11. The number of aromatic amines is 1. The molecule has 12 nitrogen and oxygen atoms in total. The number of H-pyrrole nitrogens is 1. The molecule has 0 spiro atoms. The van der Waals surface area contributed by atoms with Crippen molar-refractivity contribution in [2.45, 2.75) is 42.3 Å². The van der Waals surface area contributed by atoms with Gasteiger partial charge in [-0.05, 0) is 18.1 Å².